The number of aromatic nitrogens is 4. The first-order valence-electron chi connectivity index (χ1n) is 6.33. The molecule has 0 saturated carbocycles. The number of nitrogens with zero attached hydrogens (tertiary/aromatic N) is 4. The second-order valence-corrected chi connectivity index (χ2v) is 5.72. The fourth-order valence-corrected chi connectivity index (χ4v) is 2.77. The van der Waals surface area contributed by atoms with Gasteiger partial charge in [-0.3, -0.25) is 4.21 Å². The second kappa shape index (κ2) is 5.91. The molecule has 0 amide bonds. The van der Waals surface area contributed by atoms with E-state index in [1.54, 1.807) is 36.8 Å². The van der Waals surface area contributed by atoms with Crippen LogP contribution in [0.15, 0.2) is 35.5 Å². The van der Waals surface area contributed by atoms with E-state index >= 15 is 0 Å². The number of imidazole rings is 1. The Kier molecular flexibility index (Phi) is 3.80. The Balaban J connectivity index is 2.09. The zero-order chi connectivity index (χ0) is 15.5. The van der Waals surface area contributed by atoms with Crippen molar-refractivity contribution < 1.29 is 8.95 Å². The number of hydrogen-bond donors (Lipinski definition) is 1. The van der Waals surface area contributed by atoms with Crippen LogP contribution in [-0.2, 0) is 10.8 Å². The van der Waals surface area contributed by atoms with Crippen molar-refractivity contribution in [1.82, 2.24) is 19.9 Å². The maximum Gasteiger partial charge on any atom is 0.197 e. The molecule has 0 bridgehead atoms. The van der Waals surface area contributed by atoms with Gasteiger partial charge in [-0.1, -0.05) is 0 Å². The van der Waals surface area contributed by atoms with Crippen LogP contribution in [0.1, 0.15) is 0 Å². The number of fused-ring (bicyclic) bond motifs is 1. The van der Waals surface area contributed by atoms with E-state index in [1.807, 2.05) is 6.07 Å². The highest BCUT2D eigenvalue weighted by Crippen LogP contribution is 2.28. The monoisotopic (exact) mass is 313 g/mol. The summed E-state index contributed by atoms with van der Waals surface area (Å²) in [5, 5.41) is 8.56. The normalized spacial score (nSPS) is 12.0. The molecule has 1 N–H and O–H groups in total. The van der Waals surface area contributed by atoms with Crippen molar-refractivity contribution >= 4 is 22.1 Å². The van der Waals surface area contributed by atoms with Gasteiger partial charge in [-0.05, 0) is 18.2 Å². The minimum Gasteiger partial charge on any atom is -0.479 e. The molecule has 2 aromatic heterocycles. The summed E-state index contributed by atoms with van der Waals surface area (Å²) in [6.45, 7) is -0.0619. The molecule has 0 aliphatic rings. The van der Waals surface area contributed by atoms with Crippen LogP contribution in [0.4, 0.5) is 0 Å². The van der Waals surface area contributed by atoms with Crippen molar-refractivity contribution in [2.75, 3.05) is 12.9 Å². The van der Waals surface area contributed by atoms with Gasteiger partial charge in [-0.2, -0.15) is 5.26 Å². The van der Waals surface area contributed by atoms with Gasteiger partial charge in [0.1, 0.15) is 17.6 Å². The lowest BCUT2D eigenvalue weighted by Crippen LogP contribution is -1.98. The number of ether oxygens (including phenoxy) is 1. The molecule has 1 atom stereocenters. The molecule has 0 spiro atoms. The van der Waals surface area contributed by atoms with E-state index in [9.17, 15) is 4.21 Å². The Morgan fingerprint density at radius 3 is 2.91 bits per heavy atom. The smallest absolute Gasteiger partial charge is 0.197 e. The Labute approximate surface area is 128 Å². The number of H-pyrrole nitrogens is 1. The van der Waals surface area contributed by atoms with Gasteiger partial charge in [-0.15, -0.1) is 0 Å². The zero-order valence-electron chi connectivity index (χ0n) is 11.6. The number of nitriles is 1. The molecule has 1 aromatic carbocycles. The highest BCUT2D eigenvalue weighted by atomic mass is 32.2. The van der Waals surface area contributed by atoms with Crippen molar-refractivity contribution in [3.05, 3.63) is 30.6 Å². The summed E-state index contributed by atoms with van der Waals surface area (Å²) in [5.74, 6) is 1.03. The first-order chi connectivity index (χ1) is 10.7. The SMILES string of the molecule is CS(=O)c1cc(OCC#N)ccc1-c1nc2nccnc2[nH]1. The summed E-state index contributed by atoms with van der Waals surface area (Å²) >= 11 is 0. The van der Waals surface area contributed by atoms with E-state index in [0.717, 1.165) is 0 Å². The first-order valence-corrected chi connectivity index (χ1v) is 7.89. The van der Waals surface area contributed by atoms with Crippen LogP contribution in [0, 0.1) is 11.3 Å². The standard InChI is InChI=1S/C14H11N5O2S/c1-22(20)11-8-9(21-7-4-15)2-3-10(11)12-18-13-14(19-12)17-6-5-16-13/h2-3,5-6,8H,7H2,1H3,(H,16,17,18,19). The van der Waals surface area contributed by atoms with E-state index in [1.165, 1.54) is 0 Å². The zero-order valence-corrected chi connectivity index (χ0v) is 12.4. The van der Waals surface area contributed by atoms with Gasteiger partial charge in [0.25, 0.3) is 0 Å². The van der Waals surface area contributed by atoms with E-state index in [-0.39, 0.29) is 6.61 Å². The van der Waals surface area contributed by atoms with Crippen molar-refractivity contribution in [2.45, 2.75) is 4.90 Å². The van der Waals surface area contributed by atoms with Crippen molar-refractivity contribution in [2.24, 2.45) is 0 Å². The van der Waals surface area contributed by atoms with Gasteiger partial charge in [0.2, 0.25) is 0 Å². The fraction of sp³-hybridized carbons (Fsp3) is 0.143. The molecule has 2 heterocycles. The second-order valence-electron chi connectivity index (χ2n) is 4.37. The van der Waals surface area contributed by atoms with Gasteiger partial charge >= 0.3 is 0 Å². The van der Waals surface area contributed by atoms with Crippen LogP contribution < -0.4 is 4.74 Å². The summed E-state index contributed by atoms with van der Waals surface area (Å²) in [6.07, 6.45) is 4.71. The van der Waals surface area contributed by atoms with Crippen molar-refractivity contribution in [3.63, 3.8) is 0 Å². The Morgan fingerprint density at radius 2 is 2.18 bits per heavy atom. The Bertz CT molecular complexity index is 867. The third-order valence-corrected chi connectivity index (χ3v) is 3.91. The average molecular weight is 313 g/mol. The predicted molar refractivity (Wildman–Crippen MR) is 80.6 cm³/mol. The molecule has 8 heteroatoms. The first kappa shape index (κ1) is 14.2. The lowest BCUT2D eigenvalue weighted by Gasteiger charge is -2.08. The van der Waals surface area contributed by atoms with Crippen LogP contribution in [0.3, 0.4) is 0 Å². The molecule has 3 aromatic rings. The quantitative estimate of drug-likeness (QED) is 0.785. The highest BCUT2D eigenvalue weighted by molar-refractivity contribution is 7.84. The number of nitrogens with one attached hydrogen (secondary N) is 1. The molecule has 0 fully saturated rings. The Hall–Kier alpha value is -2.79. The highest BCUT2D eigenvalue weighted by Gasteiger charge is 2.14. The van der Waals surface area contributed by atoms with Crippen LogP contribution in [0.25, 0.3) is 22.7 Å². The summed E-state index contributed by atoms with van der Waals surface area (Å²) in [7, 11) is -1.24. The van der Waals surface area contributed by atoms with E-state index in [4.69, 9.17) is 10.00 Å². The third kappa shape index (κ3) is 2.66. The van der Waals surface area contributed by atoms with Gasteiger partial charge in [0.15, 0.2) is 17.9 Å². The van der Waals surface area contributed by atoms with Crippen LogP contribution in [-0.4, -0.2) is 37.0 Å². The van der Waals surface area contributed by atoms with E-state index in [0.29, 0.717) is 33.3 Å². The topological polar surface area (TPSA) is 105 Å². The van der Waals surface area contributed by atoms with Crippen LogP contribution in [0.5, 0.6) is 5.75 Å². The summed E-state index contributed by atoms with van der Waals surface area (Å²) in [6, 6.07) is 7.00. The van der Waals surface area contributed by atoms with E-state index in [2.05, 4.69) is 19.9 Å². The van der Waals surface area contributed by atoms with Gasteiger partial charge < -0.3 is 9.72 Å². The molecular weight excluding hydrogens is 302 g/mol. The largest absolute Gasteiger partial charge is 0.479 e. The van der Waals surface area contributed by atoms with Crippen LogP contribution >= 0.6 is 0 Å². The van der Waals surface area contributed by atoms with E-state index < -0.39 is 10.8 Å². The minimum atomic E-state index is -1.24. The van der Waals surface area contributed by atoms with Crippen molar-refractivity contribution in [3.8, 4) is 23.2 Å². The summed E-state index contributed by atoms with van der Waals surface area (Å²) < 4.78 is 17.2. The molecule has 110 valence electrons. The summed E-state index contributed by atoms with van der Waals surface area (Å²) in [4.78, 5) is 16.2. The molecular formula is C14H11N5O2S. The summed E-state index contributed by atoms with van der Waals surface area (Å²) in [5.41, 5.74) is 1.75. The minimum absolute atomic E-state index is 0.0619. The average Bonchev–Trinajstić information content (AvgIpc) is 2.96. The maximum absolute atomic E-state index is 12.0. The van der Waals surface area contributed by atoms with Gasteiger partial charge in [0.05, 0.1) is 15.7 Å². The number of aromatic amines is 1. The lowest BCUT2D eigenvalue weighted by molar-refractivity contribution is 0.367. The van der Waals surface area contributed by atoms with Gasteiger partial charge in [0, 0.05) is 24.2 Å². The lowest BCUT2D eigenvalue weighted by atomic mass is 10.2. The van der Waals surface area contributed by atoms with Crippen molar-refractivity contribution in [1.29, 1.82) is 5.26 Å². The maximum atomic E-state index is 12.0. The van der Waals surface area contributed by atoms with Gasteiger partial charge in [-0.25, -0.2) is 15.0 Å². The molecule has 1 unspecified atom stereocenters. The third-order valence-electron chi connectivity index (χ3n) is 2.95. The molecule has 22 heavy (non-hydrogen) atoms. The molecule has 0 aliphatic heterocycles. The Morgan fingerprint density at radius 1 is 1.36 bits per heavy atom. The molecule has 0 saturated heterocycles. The van der Waals surface area contributed by atoms with Crippen LogP contribution in [0.2, 0.25) is 0 Å². The number of benzene rings is 1. The molecule has 0 radical (unpaired) electrons. The molecule has 0 aliphatic carbocycles. The number of hydrogen-bond acceptors (Lipinski definition) is 6. The predicted octanol–water partition coefficient (Wildman–Crippen LogP) is 1.66. The molecule has 7 nitrogen and oxygen atoms in total. The molecule has 3 rings (SSSR count). The fourth-order valence-electron chi connectivity index (χ4n) is 2.02. The number of rotatable bonds is 4.